The molecular formula is C30H62N2. The third-order valence-corrected chi connectivity index (χ3v) is 5.43. The molecule has 0 amide bonds. The van der Waals surface area contributed by atoms with E-state index in [1.54, 1.807) is 0 Å². The highest BCUT2D eigenvalue weighted by Gasteiger charge is 2.35. The van der Waals surface area contributed by atoms with E-state index in [2.05, 4.69) is 88.0 Å². The number of hydrogen-bond acceptors (Lipinski definition) is 2. The van der Waals surface area contributed by atoms with Gasteiger partial charge in [0.1, 0.15) is 0 Å². The van der Waals surface area contributed by atoms with Gasteiger partial charge in [0.05, 0.1) is 0 Å². The predicted molar refractivity (Wildman–Crippen MR) is 151 cm³/mol. The maximum absolute atomic E-state index is 6.48. The Balaban J connectivity index is -0.00000198. The van der Waals surface area contributed by atoms with Crippen molar-refractivity contribution in [2.45, 2.75) is 134 Å². The molecule has 0 radical (unpaired) electrons. The van der Waals surface area contributed by atoms with Gasteiger partial charge in [-0.05, 0) is 74.7 Å². The van der Waals surface area contributed by atoms with Crippen molar-refractivity contribution in [1.29, 1.82) is 0 Å². The first-order chi connectivity index (χ1) is 14.5. The average Bonchev–Trinajstić information content (AvgIpc) is 2.60. The molecule has 0 aliphatic heterocycles. The Morgan fingerprint density at radius 1 is 0.875 bits per heavy atom. The zero-order valence-electron chi connectivity index (χ0n) is 24.7. The molecule has 2 heteroatoms. The molecule has 0 bridgehead atoms. The van der Waals surface area contributed by atoms with Crippen LogP contribution in [0.5, 0.6) is 0 Å². The number of hydrogen-bond donors (Lipinski definition) is 2. The highest BCUT2D eigenvalue weighted by molar-refractivity contribution is 5.36. The van der Waals surface area contributed by atoms with Gasteiger partial charge in [-0.15, -0.1) is 0 Å². The van der Waals surface area contributed by atoms with Crippen LogP contribution >= 0.6 is 0 Å². The number of rotatable bonds is 12. The van der Waals surface area contributed by atoms with E-state index in [1.165, 1.54) is 17.6 Å². The Kier molecular flexibility index (Phi) is 18.7. The fourth-order valence-electron chi connectivity index (χ4n) is 5.05. The van der Waals surface area contributed by atoms with Crippen LogP contribution in [0.1, 0.15) is 123 Å². The Hall–Kier alpha value is -0.860. The van der Waals surface area contributed by atoms with Crippen LogP contribution < -0.4 is 11.5 Å². The topological polar surface area (TPSA) is 52.0 Å². The van der Waals surface area contributed by atoms with Gasteiger partial charge in [0.25, 0.3) is 0 Å². The molecule has 0 rings (SSSR count). The third kappa shape index (κ3) is 15.9. The zero-order chi connectivity index (χ0) is 26.3. The Bertz CT molecular complexity index is 540. The summed E-state index contributed by atoms with van der Waals surface area (Å²) in [5.74, 6) is 1.34. The molecule has 0 spiro atoms. The first kappa shape index (κ1) is 35.7. The number of nitrogens with two attached hydrogens (primary N) is 2. The first-order valence-electron chi connectivity index (χ1n) is 13.1. The van der Waals surface area contributed by atoms with E-state index in [0.717, 1.165) is 19.3 Å². The summed E-state index contributed by atoms with van der Waals surface area (Å²) in [6.45, 7) is 34.7. The van der Waals surface area contributed by atoms with E-state index < -0.39 is 0 Å². The smallest absolute Gasteiger partial charge is 0.0105 e. The van der Waals surface area contributed by atoms with Gasteiger partial charge in [-0.25, -0.2) is 0 Å². The summed E-state index contributed by atoms with van der Waals surface area (Å²) in [5, 5.41) is 0. The van der Waals surface area contributed by atoms with Crippen LogP contribution in [0.15, 0.2) is 36.0 Å². The molecule has 0 aliphatic carbocycles. The lowest BCUT2D eigenvalue weighted by Crippen LogP contribution is -2.39. The zero-order valence-corrected chi connectivity index (χ0v) is 24.7. The van der Waals surface area contributed by atoms with Gasteiger partial charge in [-0.2, -0.15) is 0 Å². The van der Waals surface area contributed by atoms with Crippen molar-refractivity contribution >= 4 is 0 Å². The maximum atomic E-state index is 6.48. The van der Waals surface area contributed by atoms with Crippen molar-refractivity contribution in [2.24, 2.45) is 34.1 Å². The maximum Gasteiger partial charge on any atom is 0.0105 e. The van der Waals surface area contributed by atoms with Gasteiger partial charge in [-0.1, -0.05) is 107 Å². The normalized spacial score (nSPS) is 15.3. The van der Waals surface area contributed by atoms with Crippen LogP contribution in [0.3, 0.4) is 0 Å². The standard InChI is InChI=1S/C26H50N2.2C2H6/c1-12-13-14-22(24(6,7)17-21(5)27)23(16-20(4)15-19(2)3)25(8,9)18-26(10,11)28;2*1-2/h12-14,19-21H,1,15-18,27-28H2,2-11H3;2*1-2H3/b14-13-,23-22-;;. The minimum Gasteiger partial charge on any atom is -0.328 e. The molecule has 0 aliphatic rings. The van der Waals surface area contributed by atoms with Crippen LogP contribution in [0.4, 0.5) is 0 Å². The van der Waals surface area contributed by atoms with E-state index in [4.69, 9.17) is 11.5 Å². The highest BCUT2D eigenvalue weighted by atomic mass is 14.7. The largest absolute Gasteiger partial charge is 0.328 e. The molecule has 192 valence electrons. The van der Waals surface area contributed by atoms with Crippen LogP contribution in [-0.2, 0) is 0 Å². The second-order valence-electron chi connectivity index (χ2n) is 11.5. The quantitative estimate of drug-likeness (QED) is 0.291. The summed E-state index contributed by atoms with van der Waals surface area (Å²) in [5.41, 5.74) is 15.5. The van der Waals surface area contributed by atoms with Crippen molar-refractivity contribution in [1.82, 2.24) is 0 Å². The van der Waals surface area contributed by atoms with Crippen molar-refractivity contribution in [3.8, 4) is 0 Å². The third-order valence-electron chi connectivity index (χ3n) is 5.43. The summed E-state index contributed by atoms with van der Waals surface area (Å²) in [7, 11) is 0. The fourth-order valence-corrected chi connectivity index (χ4v) is 5.05. The van der Waals surface area contributed by atoms with E-state index in [1.807, 2.05) is 33.8 Å². The van der Waals surface area contributed by atoms with Crippen LogP contribution in [0.25, 0.3) is 0 Å². The Labute approximate surface area is 204 Å². The minimum absolute atomic E-state index is 0.00340. The number of allylic oxidation sites excluding steroid dienone is 5. The predicted octanol–water partition coefficient (Wildman–Crippen LogP) is 9.07. The molecule has 4 N–H and O–H groups in total. The molecule has 2 nitrogen and oxygen atoms in total. The van der Waals surface area contributed by atoms with Gasteiger partial charge in [0, 0.05) is 11.6 Å². The van der Waals surface area contributed by atoms with Crippen molar-refractivity contribution in [3.63, 3.8) is 0 Å². The molecule has 0 aromatic heterocycles. The van der Waals surface area contributed by atoms with E-state index in [-0.39, 0.29) is 22.4 Å². The summed E-state index contributed by atoms with van der Waals surface area (Å²) in [6.07, 6.45) is 10.5. The van der Waals surface area contributed by atoms with Gasteiger partial charge < -0.3 is 11.5 Å². The molecule has 32 heavy (non-hydrogen) atoms. The lowest BCUT2D eigenvalue weighted by molar-refractivity contribution is 0.274. The summed E-state index contributed by atoms with van der Waals surface area (Å²) >= 11 is 0. The minimum atomic E-state index is -0.214. The van der Waals surface area contributed by atoms with Crippen LogP contribution in [0.2, 0.25) is 0 Å². The SMILES string of the molecule is C=C/C=C\C(=C(/CC(C)CC(C)C)C(C)(C)CC(C)(C)N)C(C)(C)CC(C)N.CC.CC. The molecule has 0 fully saturated rings. The van der Waals surface area contributed by atoms with E-state index in [9.17, 15) is 0 Å². The summed E-state index contributed by atoms with van der Waals surface area (Å²) in [4.78, 5) is 0. The molecular weight excluding hydrogens is 388 g/mol. The highest BCUT2D eigenvalue weighted by Crippen LogP contribution is 2.46. The molecule has 0 saturated heterocycles. The fraction of sp³-hybridized carbons (Fsp3) is 0.800. The lowest BCUT2D eigenvalue weighted by atomic mass is 9.65. The van der Waals surface area contributed by atoms with E-state index >= 15 is 0 Å². The van der Waals surface area contributed by atoms with Crippen molar-refractivity contribution < 1.29 is 0 Å². The average molecular weight is 451 g/mol. The van der Waals surface area contributed by atoms with Gasteiger partial charge in [0.2, 0.25) is 0 Å². The molecule has 0 saturated carbocycles. The van der Waals surface area contributed by atoms with Gasteiger partial charge >= 0.3 is 0 Å². The van der Waals surface area contributed by atoms with Crippen LogP contribution in [0, 0.1) is 22.7 Å². The van der Waals surface area contributed by atoms with Crippen molar-refractivity contribution in [2.75, 3.05) is 0 Å². The second-order valence-corrected chi connectivity index (χ2v) is 11.5. The second kappa shape index (κ2) is 16.7. The Morgan fingerprint density at radius 2 is 1.34 bits per heavy atom. The monoisotopic (exact) mass is 450 g/mol. The molecule has 2 atom stereocenters. The molecule has 0 heterocycles. The van der Waals surface area contributed by atoms with Crippen LogP contribution in [-0.4, -0.2) is 11.6 Å². The van der Waals surface area contributed by atoms with Crippen molar-refractivity contribution in [3.05, 3.63) is 36.0 Å². The molecule has 0 aromatic carbocycles. The molecule has 0 aromatic rings. The molecule has 2 unspecified atom stereocenters. The summed E-state index contributed by atoms with van der Waals surface area (Å²) in [6, 6.07) is 0.158. The van der Waals surface area contributed by atoms with Gasteiger partial charge in [0.15, 0.2) is 0 Å². The summed E-state index contributed by atoms with van der Waals surface area (Å²) < 4.78 is 0. The van der Waals surface area contributed by atoms with Gasteiger partial charge in [-0.3, -0.25) is 0 Å². The first-order valence-corrected chi connectivity index (χ1v) is 13.1. The van der Waals surface area contributed by atoms with E-state index in [0.29, 0.717) is 11.8 Å². The Morgan fingerprint density at radius 3 is 1.69 bits per heavy atom. The lowest BCUT2D eigenvalue weighted by Gasteiger charge is -2.41.